The lowest BCUT2D eigenvalue weighted by atomic mass is 10.0. The third-order valence-electron chi connectivity index (χ3n) is 3.13. The number of rotatable bonds is 5. The molecule has 1 atom stereocenters. The molecule has 2 nitrogen and oxygen atoms in total. The fraction of sp³-hybridized carbons (Fsp3) is 0.571. The van der Waals surface area contributed by atoms with Gasteiger partial charge >= 0.3 is 0 Å². The van der Waals surface area contributed by atoms with E-state index in [1.165, 1.54) is 25.1 Å². The van der Waals surface area contributed by atoms with Gasteiger partial charge in [0, 0.05) is 18.6 Å². The second-order valence-electron chi connectivity index (χ2n) is 4.94. The molecule has 0 spiro atoms. The lowest BCUT2D eigenvalue weighted by Gasteiger charge is -2.35. The molecule has 1 heterocycles. The van der Waals surface area contributed by atoms with Crippen molar-refractivity contribution in [2.75, 3.05) is 19.6 Å². The summed E-state index contributed by atoms with van der Waals surface area (Å²) < 4.78 is 0. The van der Waals surface area contributed by atoms with Crippen LogP contribution >= 0.6 is 0 Å². The molecular formula is C14H22N2. The maximum atomic E-state index is 3.65. The molecule has 1 N–H and O–H groups in total. The first-order valence-corrected chi connectivity index (χ1v) is 6.29. The molecule has 0 bridgehead atoms. The number of hydrogen-bond donors (Lipinski definition) is 1. The topological polar surface area (TPSA) is 15.3 Å². The van der Waals surface area contributed by atoms with E-state index in [2.05, 4.69) is 54.4 Å². The summed E-state index contributed by atoms with van der Waals surface area (Å²) in [4.78, 5) is 2.52. The van der Waals surface area contributed by atoms with Crippen molar-refractivity contribution in [2.24, 2.45) is 0 Å². The van der Waals surface area contributed by atoms with E-state index in [0.717, 1.165) is 6.54 Å². The minimum Gasteiger partial charge on any atom is -0.307 e. The Bertz CT molecular complexity index is 304. The predicted octanol–water partition coefficient (Wildman–Crippen LogP) is 2.43. The van der Waals surface area contributed by atoms with Crippen molar-refractivity contribution < 1.29 is 0 Å². The van der Waals surface area contributed by atoms with E-state index in [9.17, 15) is 0 Å². The van der Waals surface area contributed by atoms with Gasteiger partial charge < -0.3 is 10.2 Å². The summed E-state index contributed by atoms with van der Waals surface area (Å²) in [5.74, 6) is 0. The molecule has 1 fully saturated rings. The van der Waals surface area contributed by atoms with Gasteiger partial charge in [0.05, 0.1) is 0 Å². The van der Waals surface area contributed by atoms with Crippen molar-refractivity contribution >= 4 is 0 Å². The van der Waals surface area contributed by atoms with E-state index < -0.39 is 0 Å². The number of hydrogen-bond acceptors (Lipinski definition) is 2. The zero-order chi connectivity index (χ0) is 11.4. The standard InChI is InChI=1S/C14H22N2/c1-12(2)15-14(11-16-9-6-10-16)13-7-4-3-5-8-13/h3-5,7-8,12,14-15H,6,9-11H2,1-2H3. The van der Waals surface area contributed by atoms with Gasteiger partial charge in [0.15, 0.2) is 0 Å². The molecule has 0 amide bonds. The van der Waals surface area contributed by atoms with Gasteiger partial charge in [-0.25, -0.2) is 0 Å². The van der Waals surface area contributed by atoms with Crippen LogP contribution in [0.15, 0.2) is 30.3 Å². The SMILES string of the molecule is CC(C)NC(CN1CCC1)c1ccccc1. The van der Waals surface area contributed by atoms with Crippen LogP contribution in [0.1, 0.15) is 31.9 Å². The lowest BCUT2D eigenvalue weighted by Crippen LogP contribution is -2.44. The molecule has 1 unspecified atom stereocenters. The molecule has 1 aromatic carbocycles. The fourth-order valence-corrected chi connectivity index (χ4v) is 2.16. The third-order valence-corrected chi connectivity index (χ3v) is 3.13. The van der Waals surface area contributed by atoms with Gasteiger partial charge in [-0.15, -0.1) is 0 Å². The van der Waals surface area contributed by atoms with Crippen LogP contribution in [0.2, 0.25) is 0 Å². The molecule has 2 heteroatoms. The Kier molecular flexibility index (Phi) is 3.97. The Morgan fingerprint density at radius 3 is 2.38 bits per heavy atom. The zero-order valence-electron chi connectivity index (χ0n) is 10.3. The van der Waals surface area contributed by atoms with Crippen LogP contribution in [0.4, 0.5) is 0 Å². The molecule has 0 aromatic heterocycles. The van der Waals surface area contributed by atoms with Crippen molar-refractivity contribution in [3.8, 4) is 0 Å². The Labute approximate surface area is 98.7 Å². The highest BCUT2D eigenvalue weighted by atomic mass is 15.2. The summed E-state index contributed by atoms with van der Waals surface area (Å²) in [5.41, 5.74) is 1.41. The highest BCUT2D eigenvalue weighted by molar-refractivity contribution is 5.19. The molecule has 0 aliphatic carbocycles. The monoisotopic (exact) mass is 218 g/mol. The number of benzene rings is 1. The van der Waals surface area contributed by atoms with Gasteiger partial charge in [-0.05, 0) is 25.1 Å². The molecular weight excluding hydrogens is 196 g/mol. The summed E-state index contributed by atoms with van der Waals surface area (Å²) in [5, 5.41) is 3.65. The van der Waals surface area contributed by atoms with E-state index in [0.29, 0.717) is 12.1 Å². The van der Waals surface area contributed by atoms with E-state index in [1.54, 1.807) is 0 Å². The Hall–Kier alpha value is -0.860. The van der Waals surface area contributed by atoms with Gasteiger partial charge in [0.1, 0.15) is 0 Å². The van der Waals surface area contributed by atoms with Crippen molar-refractivity contribution in [1.29, 1.82) is 0 Å². The largest absolute Gasteiger partial charge is 0.307 e. The minimum atomic E-state index is 0.474. The van der Waals surface area contributed by atoms with Crippen molar-refractivity contribution in [2.45, 2.75) is 32.4 Å². The van der Waals surface area contributed by atoms with Crippen LogP contribution < -0.4 is 5.32 Å². The second-order valence-corrected chi connectivity index (χ2v) is 4.94. The fourth-order valence-electron chi connectivity index (χ4n) is 2.16. The Morgan fingerprint density at radius 2 is 1.88 bits per heavy atom. The first kappa shape index (κ1) is 11.6. The Balaban J connectivity index is 2.01. The van der Waals surface area contributed by atoms with Crippen LogP contribution in [0.5, 0.6) is 0 Å². The van der Waals surface area contributed by atoms with Gasteiger partial charge in [-0.2, -0.15) is 0 Å². The summed E-state index contributed by atoms with van der Waals surface area (Å²) in [7, 11) is 0. The molecule has 1 aliphatic heterocycles. The van der Waals surface area contributed by atoms with Gasteiger partial charge in [-0.1, -0.05) is 44.2 Å². The third kappa shape index (κ3) is 3.06. The predicted molar refractivity (Wildman–Crippen MR) is 68.5 cm³/mol. The summed E-state index contributed by atoms with van der Waals surface area (Å²) in [6.45, 7) is 8.10. The van der Waals surface area contributed by atoms with Crippen molar-refractivity contribution in [1.82, 2.24) is 10.2 Å². The summed E-state index contributed by atoms with van der Waals surface area (Å²) in [6, 6.07) is 11.8. The molecule has 16 heavy (non-hydrogen) atoms. The minimum absolute atomic E-state index is 0.474. The van der Waals surface area contributed by atoms with E-state index in [-0.39, 0.29) is 0 Å². The summed E-state index contributed by atoms with van der Waals surface area (Å²) in [6.07, 6.45) is 1.36. The number of nitrogens with one attached hydrogen (secondary N) is 1. The number of nitrogens with zero attached hydrogens (tertiary/aromatic N) is 1. The molecule has 1 aromatic rings. The lowest BCUT2D eigenvalue weighted by molar-refractivity contribution is 0.159. The summed E-state index contributed by atoms with van der Waals surface area (Å²) >= 11 is 0. The Morgan fingerprint density at radius 1 is 1.19 bits per heavy atom. The van der Waals surface area contributed by atoms with Crippen LogP contribution in [-0.2, 0) is 0 Å². The highest BCUT2D eigenvalue weighted by Crippen LogP contribution is 2.18. The maximum absolute atomic E-state index is 3.65. The van der Waals surface area contributed by atoms with Crippen LogP contribution in [0.3, 0.4) is 0 Å². The van der Waals surface area contributed by atoms with Crippen LogP contribution in [0, 0.1) is 0 Å². The smallest absolute Gasteiger partial charge is 0.0451 e. The quantitative estimate of drug-likeness (QED) is 0.816. The molecule has 1 aliphatic rings. The zero-order valence-corrected chi connectivity index (χ0v) is 10.3. The molecule has 0 radical (unpaired) electrons. The molecule has 0 saturated carbocycles. The second kappa shape index (κ2) is 5.46. The van der Waals surface area contributed by atoms with Gasteiger partial charge in [0.25, 0.3) is 0 Å². The van der Waals surface area contributed by atoms with Crippen LogP contribution in [-0.4, -0.2) is 30.6 Å². The molecule has 2 rings (SSSR count). The first-order chi connectivity index (χ1) is 7.75. The van der Waals surface area contributed by atoms with Crippen molar-refractivity contribution in [3.05, 3.63) is 35.9 Å². The number of likely N-dealkylation sites (tertiary alicyclic amines) is 1. The van der Waals surface area contributed by atoms with Crippen LogP contribution in [0.25, 0.3) is 0 Å². The van der Waals surface area contributed by atoms with E-state index in [4.69, 9.17) is 0 Å². The average Bonchev–Trinajstić information content (AvgIpc) is 2.22. The molecule has 88 valence electrons. The van der Waals surface area contributed by atoms with Gasteiger partial charge in [-0.3, -0.25) is 0 Å². The van der Waals surface area contributed by atoms with Gasteiger partial charge in [0.2, 0.25) is 0 Å². The van der Waals surface area contributed by atoms with Crippen molar-refractivity contribution in [3.63, 3.8) is 0 Å². The first-order valence-electron chi connectivity index (χ1n) is 6.29. The maximum Gasteiger partial charge on any atom is 0.0451 e. The molecule has 1 saturated heterocycles. The van der Waals surface area contributed by atoms with E-state index >= 15 is 0 Å². The van der Waals surface area contributed by atoms with E-state index in [1.807, 2.05) is 0 Å². The normalized spacial score (nSPS) is 18.4. The highest BCUT2D eigenvalue weighted by Gasteiger charge is 2.20. The average molecular weight is 218 g/mol.